The molecule has 28 heavy (non-hydrogen) atoms. The lowest BCUT2D eigenvalue weighted by Gasteiger charge is -2.08. The van der Waals surface area contributed by atoms with Crippen molar-refractivity contribution in [3.8, 4) is 12.1 Å². The van der Waals surface area contributed by atoms with Crippen molar-refractivity contribution in [3.63, 3.8) is 0 Å². The summed E-state index contributed by atoms with van der Waals surface area (Å²) in [6, 6.07) is 19.8. The van der Waals surface area contributed by atoms with Gasteiger partial charge in [-0.3, -0.25) is 14.6 Å². The van der Waals surface area contributed by atoms with Crippen molar-refractivity contribution in [1.29, 1.82) is 10.5 Å². The van der Waals surface area contributed by atoms with Crippen molar-refractivity contribution in [2.75, 3.05) is 10.6 Å². The number of para-hydroxylation sites is 1. The summed E-state index contributed by atoms with van der Waals surface area (Å²) in [7, 11) is 0. The van der Waals surface area contributed by atoms with Crippen LogP contribution in [0.2, 0.25) is 0 Å². The molecule has 0 aliphatic heterocycles. The molecule has 134 valence electrons. The largest absolute Gasteiger partial charge is 0.321 e. The highest BCUT2D eigenvalue weighted by molar-refractivity contribution is 6.08. The fourth-order valence-corrected chi connectivity index (χ4v) is 2.40. The van der Waals surface area contributed by atoms with E-state index in [1.807, 2.05) is 12.1 Å². The maximum Gasteiger partial charge on any atom is 0.274 e. The Labute approximate surface area is 160 Å². The molecule has 3 aromatic rings. The maximum absolute atomic E-state index is 12.5. The topological polar surface area (TPSA) is 119 Å². The normalized spacial score (nSPS) is 9.64. The molecule has 0 fully saturated rings. The highest BCUT2D eigenvalue weighted by Gasteiger charge is 2.13. The Morgan fingerprint density at radius 2 is 1.61 bits per heavy atom. The average molecular weight is 367 g/mol. The first-order chi connectivity index (χ1) is 13.6. The lowest BCUT2D eigenvalue weighted by atomic mass is 10.1. The first-order valence-electron chi connectivity index (χ1n) is 8.19. The van der Waals surface area contributed by atoms with E-state index in [9.17, 15) is 9.59 Å². The second-order valence-electron chi connectivity index (χ2n) is 5.68. The van der Waals surface area contributed by atoms with Crippen molar-refractivity contribution in [2.24, 2.45) is 0 Å². The van der Waals surface area contributed by atoms with Crippen LogP contribution in [0.3, 0.4) is 0 Å². The van der Waals surface area contributed by atoms with Gasteiger partial charge in [0.05, 0.1) is 22.9 Å². The fourth-order valence-electron chi connectivity index (χ4n) is 2.40. The smallest absolute Gasteiger partial charge is 0.274 e. The number of nitrogens with one attached hydrogen (secondary N) is 2. The van der Waals surface area contributed by atoms with Gasteiger partial charge in [-0.05, 0) is 48.5 Å². The molecular weight excluding hydrogens is 354 g/mol. The molecule has 0 aliphatic carbocycles. The molecule has 2 aromatic carbocycles. The second-order valence-corrected chi connectivity index (χ2v) is 5.68. The van der Waals surface area contributed by atoms with Crippen LogP contribution in [0.5, 0.6) is 0 Å². The lowest BCUT2D eigenvalue weighted by Crippen LogP contribution is -2.17. The third-order valence-electron chi connectivity index (χ3n) is 3.82. The van der Waals surface area contributed by atoms with Crippen molar-refractivity contribution in [2.45, 2.75) is 0 Å². The van der Waals surface area contributed by atoms with E-state index in [1.165, 1.54) is 18.3 Å². The number of amides is 2. The van der Waals surface area contributed by atoms with Crippen molar-refractivity contribution in [3.05, 3.63) is 89.2 Å². The molecule has 2 amide bonds. The molecule has 0 unspecified atom stereocenters. The molecule has 0 spiro atoms. The van der Waals surface area contributed by atoms with E-state index in [1.54, 1.807) is 48.5 Å². The summed E-state index contributed by atoms with van der Waals surface area (Å²) in [5.74, 6) is -0.950. The van der Waals surface area contributed by atoms with Crippen LogP contribution in [0.25, 0.3) is 0 Å². The van der Waals surface area contributed by atoms with Crippen molar-refractivity contribution < 1.29 is 9.59 Å². The van der Waals surface area contributed by atoms with Crippen LogP contribution < -0.4 is 10.6 Å². The first-order valence-corrected chi connectivity index (χ1v) is 8.19. The number of hydrogen-bond acceptors (Lipinski definition) is 5. The minimum Gasteiger partial charge on any atom is -0.321 e. The van der Waals surface area contributed by atoms with Crippen LogP contribution in [0.4, 0.5) is 11.4 Å². The van der Waals surface area contributed by atoms with Gasteiger partial charge in [0.25, 0.3) is 11.8 Å². The van der Waals surface area contributed by atoms with Gasteiger partial charge in [0, 0.05) is 17.4 Å². The molecular formula is C21H13N5O2. The molecule has 0 bridgehead atoms. The molecule has 0 saturated heterocycles. The summed E-state index contributed by atoms with van der Waals surface area (Å²) < 4.78 is 0. The highest BCUT2D eigenvalue weighted by Crippen LogP contribution is 2.16. The molecule has 0 aliphatic rings. The van der Waals surface area contributed by atoms with E-state index < -0.39 is 11.8 Å². The molecule has 1 heterocycles. The lowest BCUT2D eigenvalue weighted by molar-refractivity contribution is 0.102. The average Bonchev–Trinajstić information content (AvgIpc) is 2.74. The Kier molecular flexibility index (Phi) is 5.40. The Bertz CT molecular complexity index is 1120. The summed E-state index contributed by atoms with van der Waals surface area (Å²) in [4.78, 5) is 28.9. The van der Waals surface area contributed by atoms with E-state index in [0.717, 1.165) is 0 Å². The van der Waals surface area contributed by atoms with Crippen LogP contribution in [0.15, 0.2) is 66.9 Å². The minimum absolute atomic E-state index is 0.0607. The Morgan fingerprint density at radius 3 is 2.32 bits per heavy atom. The summed E-state index contributed by atoms with van der Waals surface area (Å²) in [5, 5.41) is 23.2. The van der Waals surface area contributed by atoms with Gasteiger partial charge in [-0.1, -0.05) is 12.1 Å². The SMILES string of the molecule is N#Cc1ccc(NC(=O)c2cc(C(=O)Nc3ccccc3C#N)ccn2)cc1. The Morgan fingerprint density at radius 1 is 0.857 bits per heavy atom. The van der Waals surface area contributed by atoms with Crippen molar-refractivity contribution >= 4 is 23.2 Å². The number of pyridine rings is 1. The number of anilines is 2. The zero-order valence-electron chi connectivity index (χ0n) is 14.5. The molecule has 3 rings (SSSR count). The molecule has 7 nitrogen and oxygen atoms in total. The van der Waals surface area contributed by atoms with E-state index >= 15 is 0 Å². The number of hydrogen-bond donors (Lipinski definition) is 2. The molecule has 1 aromatic heterocycles. The van der Waals surface area contributed by atoms with Crippen LogP contribution in [0.1, 0.15) is 32.0 Å². The third kappa shape index (κ3) is 4.18. The summed E-state index contributed by atoms with van der Waals surface area (Å²) in [6.07, 6.45) is 1.36. The number of aromatic nitrogens is 1. The van der Waals surface area contributed by atoms with Crippen molar-refractivity contribution in [1.82, 2.24) is 4.98 Å². The number of nitriles is 2. The fraction of sp³-hybridized carbons (Fsp3) is 0. The maximum atomic E-state index is 12.5. The quantitative estimate of drug-likeness (QED) is 0.733. The van der Waals surface area contributed by atoms with Gasteiger partial charge < -0.3 is 10.6 Å². The molecule has 0 saturated carbocycles. The number of benzene rings is 2. The number of rotatable bonds is 4. The predicted molar refractivity (Wildman–Crippen MR) is 102 cm³/mol. The van der Waals surface area contributed by atoms with Crippen LogP contribution >= 0.6 is 0 Å². The van der Waals surface area contributed by atoms with Crippen LogP contribution in [0, 0.1) is 22.7 Å². The summed E-state index contributed by atoms with van der Waals surface area (Å²) in [6.45, 7) is 0. The van der Waals surface area contributed by atoms with E-state index in [0.29, 0.717) is 22.5 Å². The van der Waals surface area contributed by atoms with Gasteiger partial charge in [0.2, 0.25) is 0 Å². The summed E-state index contributed by atoms with van der Waals surface area (Å²) in [5.41, 5.74) is 1.99. The Hall–Kier alpha value is -4.49. The minimum atomic E-state index is -0.489. The second kappa shape index (κ2) is 8.26. The molecule has 2 N–H and O–H groups in total. The van der Waals surface area contributed by atoms with Crippen LogP contribution in [-0.2, 0) is 0 Å². The zero-order chi connectivity index (χ0) is 19.9. The summed E-state index contributed by atoms with van der Waals surface area (Å²) >= 11 is 0. The first kappa shape index (κ1) is 18.3. The van der Waals surface area contributed by atoms with E-state index in [4.69, 9.17) is 10.5 Å². The number of nitrogens with zero attached hydrogens (tertiary/aromatic N) is 3. The predicted octanol–water partition coefficient (Wildman–Crippen LogP) is 3.33. The standard InChI is InChI=1S/C21H13N5O2/c22-12-14-5-7-17(8-6-14)25-21(28)19-11-15(9-10-24-19)20(27)26-18-4-2-1-3-16(18)13-23/h1-11H,(H,25,28)(H,26,27). The van der Waals surface area contributed by atoms with Gasteiger partial charge in [-0.2, -0.15) is 10.5 Å². The molecule has 0 radical (unpaired) electrons. The van der Waals surface area contributed by atoms with E-state index in [2.05, 4.69) is 15.6 Å². The van der Waals surface area contributed by atoms with Gasteiger partial charge in [-0.25, -0.2) is 0 Å². The number of carbonyl (C=O) groups is 2. The zero-order valence-corrected chi connectivity index (χ0v) is 14.5. The van der Waals surface area contributed by atoms with Gasteiger partial charge in [0.15, 0.2) is 0 Å². The van der Waals surface area contributed by atoms with E-state index in [-0.39, 0.29) is 11.3 Å². The Balaban J connectivity index is 1.75. The van der Waals surface area contributed by atoms with Gasteiger partial charge >= 0.3 is 0 Å². The number of carbonyl (C=O) groups excluding carboxylic acids is 2. The monoisotopic (exact) mass is 367 g/mol. The molecule has 0 atom stereocenters. The molecule has 7 heteroatoms. The van der Waals surface area contributed by atoms with Crippen LogP contribution in [-0.4, -0.2) is 16.8 Å². The van der Waals surface area contributed by atoms with Gasteiger partial charge in [0.1, 0.15) is 11.8 Å². The highest BCUT2D eigenvalue weighted by atomic mass is 16.2. The third-order valence-corrected chi connectivity index (χ3v) is 3.82. The van der Waals surface area contributed by atoms with Gasteiger partial charge in [-0.15, -0.1) is 0 Å².